The molecule has 19 heavy (non-hydrogen) atoms. The first kappa shape index (κ1) is 14.4. The molecule has 1 aromatic rings. The molecule has 0 bridgehead atoms. The topological polar surface area (TPSA) is 49.3 Å². The average molecular weight is 326 g/mol. The number of benzene rings is 1. The molecule has 2 unspecified atom stereocenters. The molecule has 104 valence electrons. The van der Waals surface area contributed by atoms with Crippen LogP contribution in [0.15, 0.2) is 22.7 Å². The van der Waals surface area contributed by atoms with E-state index in [1.807, 2.05) is 6.07 Å². The Morgan fingerprint density at radius 1 is 1.47 bits per heavy atom. The summed E-state index contributed by atoms with van der Waals surface area (Å²) in [6.45, 7) is 3.16. The van der Waals surface area contributed by atoms with Gasteiger partial charge in [0.25, 0.3) is 0 Å². The van der Waals surface area contributed by atoms with E-state index in [-0.39, 0.29) is 0 Å². The van der Waals surface area contributed by atoms with Crippen LogP contribution in [-0.2, 0) is 0 Å². The third-order valence-electron chi connectivity index (χ3n) is 3.84. The van der Waals surface area contributed by atoms with E-state index in [0.29, 0.717) is 17.2 Å². The minimum atomic E-state index is -0.882. The van der Waals surface area contributed by atoms with Gasteiger partial charge in [0.15, 0.2) is 0 Å². The van der Waals surface area contributed by atoms with Crippen molar-refractivity contribution < 1.29 is 9.90 Å². The summed E-state index contributed by atoms with van der Waals surface area (Å²) < 4.78 is 0.900. The molecule has 2 rings (SSSR count). The van der Waals surface area contributed by atoms with Gasteiger partial charge in [-0.2, -0.15) is 0 Å². The van der Waals surface area contributed by atoms with Gasteiger partial charge >= 0.3 is 5.97 Å². The SMILES string of the molecule is CC1CCCC(CNc2cc(Br)ccc2C(=O)O)C1. The van der Waals surface area contributed by atoms with Gasteiger partial charge in [-0.25, -0.2) is 4.79 Å². The van der Waals surface area contributed by atoms with Crippen molar-refractivity contribution in [1.82, 2.24) is 0 Å². The zero-order valence-corrected chi connectivity index (χ0v) is 12.7. The summed E-state index contributed by atoms with van der Waals surface area (Å²) in [5.41, 5.74) is 1.05. The summed E-state index contributed by atoms with van der Waals surface area (Å²) in [5.74, 6) is 0.568. The Morgan fingerprint density at radius 2 is 2.26 bits per heavy atom. The molecule has 0 amide bonds. The second kappa shape index (κ2) is 6.42. The van der Waals surface area contributed by atoms with Gasteiger partial charge in [0.05, 0.1) is 5.56 Å². The number of anilines is 1. The Kier molecular flexibility index (Phi) is 4.86. The summed E-state index contributed by atoms with van der Waals surface area (Å²) >= 11 is 3.39. The first-order valence-corrected chi connectivity index (χ1v) is 7.62. The molecule has 0 heterocycles. The van der Waals surface area contributed by atoms with Gasteiger partial charge in [-0.05, 0) is 42.9 Å². The highest BCUT2D eigenvalue weighted by molar-refractivity contribution is 9.10. The van der Waals surface area contributed by atoms with Crippen LogP contribution in [0.3, 0.4) is 0 Å². The lowest BCUT2D eigenvalue weighted by atomic mass is 9.82. The van der Waals surface area contributed by atoms with Crippen LogP contribution in [0.2, 0.25) is 0 Å². The van der Waals surface area contributed by atoms with Crippen molar-refractivity contribution in [2.45, 2.75) is 32.6 Å². The predicted octanol–water partition coefficient (Wildman–Crippen LogP) is 4.39. The molecular weight excluding hydrogens is 306 g/mol. The molecule has 0 saturated heterocycles. The maximum Gasteiger partial charge on any atom is 0.337 e. The lowest BCUT2D eigenvalue weighted by molar-refractivity contribution is 0.0698. The van der Waals surface area contributed by atoms with E-state index in [9.17, 15) is 9.90 Å². The first-order valence-electron chi connectivity index (χ1n) is 6.83. The lowest BCUT2D eigenvalue weighted by Crippen LogP contribution is -2.21. The molecular formula is C15H20BrNO2. The number of nitrogens with one attached hydrogen (secondary N) is 1. The standard InChI is InChI=1S/C15H20BrNO2/c1-10-3-2-4-11(7-10)9-17-14-8-12(16)5-6-13(14)15(18)19/h5-6,8,10-11,17H,2-4,7,9H2,1H3,(H,18,19). The second-order valence-corrected chi connectivity index (χ2v) is 6.43. The van der Waals surface area contributed by atoms with Crippen LogP contribution in [-0.4, -0.2) is 17.6 Å². The quantitative estimate of drug-likeness (QED) is 0.863. The molecule has 1 fully saturated rings. The predicted molar refractivity (Wildman–Crippen MR) is 80.7 cm³/mol. The van der Waals surface area contributed by atoms with Crippen molar-refractivity contribution in [1.29, 1.82) is 0 Å². The van der Waals surface area contributed by atoms with E-state index >= 15 is 0 Å². The Labute approximate surface area is 122 Å². The van der Waals surface area contributed by atoms with Crippen molar-refractivity contribution in [2.24, 2.45) is 11.8 Å². The van der Waals surface area contributed by atoms with Crippen LogP contribution in [0.25, 0.3) is 0 Å². The summed E-state index contributed by atoms with van der Waals surface area (Å²) in [5, 5.41) is 12.5. The van der Waals surface area contributed by atoms with Crippen LogP contribution < -0.4 is 5.32 Å². The molecule has 0 aliphatic heterocycles. The number of aromatic carboxylic acids is 1. The molecule has 0 spiro atoms. The average Bonchev–Trinajstić information content (AvgIpc) is 2.36. The van der Waals surface area contributed by atoms with Crippen molar-refractivity contribution >= 4 is 27.6 Å². The summed E-state index contributed by atoms with van der Waals surface area (Å²) in [6, 6.07) is 5.24. The van der Waals surface area contributed by atoms with E-state index in [4.69, 9.17) is 0 Å². The maximum absolute atomic E-state index is 11.2. The minimum absolute atomic E-state index is 0.340. The van der Waals surface area contributed by atoms with Crippen molar-refractivity contribution in [2.75, 3.05) is 11.9 Å². The van der Waals surface area contributed by atoms with Crippen LogP contribution >= 0.6 is 15.9 Å². The van der Waals surface area contributed by atoms with E-state index in [1.165, 1.54) is 25.7 Å². The van der Waals surface area contributed by atoms with Gasteiger partial charge < -0.3 is 10.4 Å². The molecule has 4 heteroatoms. The molecule has 2 atom stereocenters. The molecule has 1 saturated carbocycles. The highest BCUT2D eigenvalue weighted by Gasteiger charge is 2.19. The van der Waals surface area contributed by atoms with Crippen LogP contribution in [0.1, 0.15) is 43.0 Å². The maximum atomic E-state index is 11.2. The van der Waals surface area contributed by atoms with Gasteiger partial charge in [0, 0.05) is 16.7 Å². The number of carboxylic acid groups (broad SMARTS) is 1. The fourth-order valence-corrected chi connectivity index (χ4v) is 3.21. The minimum Gasteiger partial charge on any atom is -0.478 e. The number of rotatable bonds is 4. The van der Waals surface area contributed by atoms with Crippen molar-refractivity contribution in [3.8, 4) is 0 Å². The normalized spacial score (nSPS) is 23.1. The number of carbonyl (C=O) groups is 1. The molecule has 1 aliphatic rings. The molecule has 2 N–H and O–H groups in total. The lowest BCUT2D eigenvalue weighted by Gasteiger charge is -2.27. The van der Waals surface area contributed by atoms with E-state index in [1.54, 1.807) is 12.1 Å². The number of halogens is 1. The molecule has 0 radical (unpaired) electrons. The summed E-state index contributed by atoms with van der Waals surface area (Å²) in [4.78, 5) is 11.2. The Bertz CT molecular complexity index is 461. The van der Waals surface area contributed by atoms with Gasteiger partial charge in [0.2, 0.25) is 0 Å². The molecule has 1 aliphatic carbocycles. The van der Waals surface area contributed by atoms with E-state index < -0.39 is 5.97 Å². The van der Waals surface area contributed by atoms with E-state index in [0.717, 1.165) is 16.9 Å². The zero-order chi connectivity index (χ0) is 13.8. The van der Waals surface area contributed by atoms with Crippen LogP contribution in [0, 0.1) is 11.8 Å². The Hall–Kier alpha value is -1.03. The smallest absolute Gasteiger partial charge is 0.337 e. The number of carboxylic acids is 1. The summed E-state index contributed by atoms with van der Waals surface area (Å²) in [6.07, 6.45) is 5.10. The third-order valence-corrected chi connectivity index (χ3v) is 4.33. The summed E-state index contributed by atoms with van der Waals surface area (Å²) in [7, 11) is 0. The fraction of sp³-hybridized carbons (Fsp3) is 0.533. The third kappa shape index (κ3) is 3.96. The molecule has 3 nitrogen and oxygen atoms in total. The number of hydrogen-bond donors (Lipinski definition) is 2. The highest BCUT2D eigenvalue weighted by atomic mass is 79.9. The highest BCUT2D eigenvalue weighted by Crippen LogP contribution is 2.29. The molecule has 0 aromatic heterocycles. The van der Waals surface area contributed by atoms with Crippen molar-refractivity contribution in [3.63, 3.8) is 0 Å². The van der Waals surface area contributed by atoms with Gasteiger partial charge in [0.1, 0.15) is 0 Å². The largest absolute Gasteiger partial charge is 0.478 e. The van der Waals surface area contributed by atoms with Gasteiger partial charge in [-0.1, -0.05) is 35.7 Å². The van der Waals surface area contributed by atoms with Crippen molar-refractivity contribution in [3.05, 3.63) is 28.2 Å². The van der Waals surface area contributed by atoms with Gasteiger partial charge in [-0.15, -0.1) is 0 Å². The number of hydrogen-bond acceptors (Lipinski definition) is 2. The zero-order valence-electron chi connectivity index (χ0n) is 11.2. The first-order chi connectivity index (χ1) is 9.06. The van der Waals surface area contributed by atoms with Crippen LogP contribution in [0.4, 0.5) is 5.69 Å². The van der Waals surface area contributed by atoms with E-state index in [2.05, 4.69) is 28.2 Å². The Balaban J connectivity index is 2.02. The van der Waals surface area contributed by atoms with Crippen LogP contribution in [0.5, 0.6) is 0 Å². The fourth-order valence-electron chi connectivity index (χ4n) is 2.85. The molecule has 1 aromatic carbocycles. The van der Waals surface area contributed by atoms with Gasteiger partial charge in [-0.3, -0.25) is 0 Å². The monoisotopic (exact) mass is 325 g/mol. The second-order valence-electron chi connectivity index (χ2n) is 5.51. The Morgan fingerprint density at radius 3 is 2.95 bits per heavy atom.